The number of rotatable bonds is 6. The third-order valence-electron chi connectivity index (χ3n) is 6.40. The minimum absolute atomic E-state index is 0.169. The van der Waals surface area contributed by atoms with Gasteiger partial charge in [0.15, 0.2) is 5.79 Å². The minimum atomic E-state index is -3.85. The number of nitrogens with zero attached hydrogens (tertiary/aromatic N) is 2. The van der Waals surface area contributed by atoms with Crippen LogP contribution in [-0.2, 0) is 19.3 Å². The second kappa shape index (κ2) is 9.05. The van der Waals surface area contributed by atoms with Crippen molar-refractivity contribution < 1.29 is 27.4 Å². The first-order valence-electron chi connectivity index (χ1n) is 11.4. The lowest BCUT2D eigenvalue weighted by molar-refractivity contribution is -0.169. The molecule has 0 saturated carbocycles. The number of pyridine rings is 1. The summed E-state index contributed by atoms with van der Waals surface area (Å²) in [7, 11) is -2.30. The highest BCUT2D eigenvalue weighted by Gasteiger charge is 2.41. The van der Waals surface area contributed by atoms with Gasteiger partial charge in [-0.3, -0.25) is 4.98 Å². The molecule has 0 N–H and O–H groups in total. The summed E-state index contributed by atoms with van der Waals surface area (Å²) in [6, 6.07) is 12.0. The number of sulfone groups is 1. The molecule has 0 aliphatic carbocycles. The summed E-state index contributed by atoms with van der Waals surface area (Å²) >= 11 is 0. The standard InChI is InChI=1S/C25H28N2O6S/c1-3-31-19-6-9-22-21(16-19)24(27-12-10-25(11-13-27)32-14-15-33-25)23(17-26-22)34(28,29)20-7-4-18(30-2)5-8-20/h4-9,16-17H,3,10-15H2,1-2H3. The average Bonchev–Trinajstić information content (AvgIpc) is 3.32. The van der Waals surface area contributed by atoms with E-state index in [1.165, 1.54) is 6.20 Å². The summed E-state index contributed by atoms with van der Waals surface area (Å²) in [5.41, 5.74) is 1.34. The molecule has 0 radical (unpaired) electrons. The van der Waals surface area contributed by atoms with E-state index in [4.69, 9.17) is 18.9 Å². The number of anilines is 1. The van der Waals surface area contributed by atoms with Gasteiger partial charge in [0.2, 0.25) is 9.84 Å². The molecule has 0 bridgehead atoms. The molecule has 5 rings (SSSR count). The van der Waals surface area contributed by atoms with Crippen LogP contribution in [0.25, 0.3) is 10.9 Å². The third kappa shape index (κ3) is 4.08. The van der Waals surface area contributed by atoms with Crippen LogP contribution in [0.4, 0.5) is 5.69 Å². The molecule has 180 valence electrons. The highest BCUT2D eigenvalue weighted by molar-refractivity contribution is 7.91. The Hall–Kier alpha value is -2.88. The van der Waals surface area contributed by atoms with E-state index >= 15 is 0 Å². The Bertz CT molecular complexity index is 1280. The van der Waals surface area contributed by atoms with Crippen LogP contribution in [0.2, 0.25) is 0 Å². The molecule has 1 aromatic heterocycles. The average molecular weight is 485 g/mol. The van der Waals surface area contributed by atoms with Crippen LogP contribution in [0.5, 0.6) is 11.5 Å². The maximum absolute atomic E-state index is 13.8. The second-order valence-electron chi connectivity index (χ2n) is 8.36. The smallest absolute Gasteiger partial charge is 0.210 e. The Morgan fingerprint density at radius 3 is 2.35 bits per heavy atom. The fourth-order valence-electron chi connectivity index (χ4n) is 4.66. The lowest BCUT2D eigenvalue weighted by Crippen LogP contribution is -2.45. The maximum Gasteiger partial charge on any atom is 0.210 e. The van der Waals surface area contributed by atoms with Crippen LogP contribution in [0.3, 0.4) is 0 Å². The molecule has 2 aliphatic rings. The van der Waals surface area contributed by atoms with Crippen molar-refractivity contribution in [2.24, 2.45) is 0 Å². The van der Waals surface area contributed by atoms with Crippen LogP contribution < -0.4 is 14.4 Å². The van der Waals surface area contributed by atoms with Crippen LogP contribution in [0.15, 0.2) is 58.5 Å². The highest BCUT2D eigenvalue weighted by Crippen LogP contribution is 2.41. The Kier molecular flexibility index (Phi) is 6.09. The van der Waals surface area contributed by atoms with Gasteiger partial charge in [-0.15, -0.1) is 0 Å². The summed E-state index contributed by atoms with van der Waals surface area (Å²) < 4.78 is 50.3. The molecule has 3 aromatic rings. The fraction of sp³-hybridized carbons (Fsp3) is 0.400. The van der Waals surface area contributed by atoms with Gasteiger partial charge >= 0.3 is 0 Å². The molecular formula is C25H28N2O6S. The highest BCUT2D eigenvalue weighted by atomic mass is 32.2. The van der Waals surface area contributed by atoms with Crippen LogP contribution in [0.1, 0.15) is 19.8 Å². The van der Waals surface area contributed by atoms with Gasteiger partial charge in [-0.2, -0.15) is 0 Å². The lowest BCUT2D eigenvalue weighted by Gasteiger charge is -2.39. The molecule has 2 fully saturated rings. The number of benzene rings is 2. The topological polar surface area (TPSA) is 87.2 Å². The quantitative estimate of drug-likeness (QED) is 0.522. The number of hydrogen-bond acceptors (Lipinski definition) is 8. The van der Waals surface area contributed by atoms with Gasteiger partial charge in [-0.25, -0.2) is 8.42 Å². The van der Waals surface area contributed by atoms with E-state index in [2.05, 4.69) is 9.88 Å². The van der Waals surface area contributed by atoms with Gasteiger partial charge in [0, 0.05) is 37.5 Å². The van der Waals surface area contributed by atoms with Gasteiger partial charge in [-0.1, -0.05) is 0 Å². The summed E-state index contributed by atoms with van der Waals surface area (Å²) in [6.07, 6.45) is 2.78. The van der Waals surface area contributed by atoms with Crippen molar-refractivity contribution in [1.29, 1.82) is 0 Å². The Morgan fingerprint density at radius 1 is 1.03 bits per heavy atom. The summed E-state index contributed by atoms with van der Waals surface area (Å²) in [6.45, 7) is 4.81. The number of hydrogen-bond donors (Lipinski definition) is 0. The predicted molar refractivity (Wildman–Crippen MR) is 127 cm³/mol. The van der Waals surface area contributed by atoms with Gasteiger partial charge in [0.1, 0.15) is 16.4 Å². The van der Waals surface area contributed by atoms with Gasteiger partial charge in [0.25, 0.3) is 0 Å². The van der Waals surface area contributed by atoms with E-state index < -0.39 is 15.6 Å². The van der Waals surface area contributed by atoms with Crippen molar-refractivity contribution in [3.8, 4) is 11.5 Å². The Labute approximate surface area is 199 Å². The predicted octanol–water partition coefficient (Wildman–Crippen LogP) is 3.82. The van der Waals surface area contributed by atoms with Crippen LogP contribution in [-0.4, -0.2) is 59.2 Å². The van der Waals surface area contributed by atoms with E-state index in [0.717, 1.165) is 5.39 Å². The SMILES string of the molecule is CCOc1ccc2ncc(S(=O)(=O)c3ccc(OC)cc3)c(N3CCC4(CC3)OCCO4)c2c1. The zero-order valence-corrected chi connectivity index (χ0v) is 20.1. The largest absolute Gasteiger partial charge is 0.497 e. The Morgan fingerprint density at radius 2 is 1.71 bits per heavy atom. The van der Waals surface area contributed by atoms with E-state index in [0.29, 0.717) is 68.5 Å². The molecule has 0 unspecified atom stereocenters. The number of fused-ring (bicyclic) bond motifs is 1. The minimum Gasteiger partial charge on any atom is -0.497 e. The van der Waals surface area contributed by atoms with Crippen molar-refractivity contribution in [1.82, 2.24) is 4.98 Å². The first-order chi connectivity index (χ1) is 16.5. The lowest BCUT2D eigenvalue weighted by atomic mass is 10.0. The van der Waals surface area contributed by atoms with Crippen molar-refractivity contribution >= 4 is 26.4 Å². The number of aromatic nitrogens is 1. The van der Waals surface area contributed by atoms with Gasteiger partial charge < -0.3 is 23.8 Å². The van der Waals surface area contributed by atoms with Gasteiger partial charge in [0.05, 0.1) is 43.0 Å². The molecule has 2 saturated heterocycles. The molecule has 1 spiro atoms. The summed E-state index contributed by atoms with van der Waals surface area (Å²) in [5.74, 6) is 0.702. The molecule has 3 heterocycles. The second-order valence-corrected chi connectivity index (χ2v) is 10.3. The summed E-state index contributed by atoms with van der Waals surface area (Å²) in [5, 5.41) is 0.741. The maximum atomic E-state index is 13.8. The Balaban J connectivity index is 1.63. The number of piperidine rings is 1. The zero-order chi connectivity index (χ0) is 23.8. The monoisotopic (exact) mass is 484 g/mol. The van der Waals surface area contributed by atoms with E-state index in [-0.39, 0.29) is 9.79 Å². The van der Waals surface area contributed by atoms with Crippen molar-refractivity contribution in [2.75, 3.05) is 44.9 Å². The molecule has 2 aromatic carbocycles. The normalized spacial score (nSPS) is 17.9. The summed E-state index contributed by atoms with van der Waals surface area (Å²) in [4.78, 5) is 6.96. The first-order valence-corrected chi connectivity index (χ1v) is 12.9. The molecule has 9 heteroatoms. The molecule has 8 nitrogen and oxygen atoms in total. The van der Waals surface area contributed by atoms with Crippen molar-refractivity contribution in [3.05, 3.63) is 48.7 Å². The number of ether oxygens (including phenoxy) is 4. The molecule has 0 atom stereocenters. The first kappa shape index (κ1) is 22.9. The third-order valence-corrected chi connectivity index (χ3v) is 8.17. The van der Waals surface area contributed by atoms with E-state index in [1.807, 2.05) is 25.1 Å². The van der Waals surface area contributed by atoms with Crippen molar-refractivity contribution in [3.63, 3.8) is 0 Å². The number of methoxy groups -OCH3 is 1. The van der Waals surface area contributed by atoms with E-state index in [9.17, 15) is 8.42 Å². The fourth-order valence-corrected chi connectivity index (χ4v) is 6.09. The van der Waals surface area contributed by atoms with Crippen LogP contribution in [0, 0.1) is 0 Å². The van der Waals surface area contributed by atoms with E-state index in [1.54, 1.807) is 31.4 Å². The van der Waals surface area contributed by atoms with Crippen LogP contribution >= 0.6 is 0 Å². The molecular weight excluding hydrogens is 456 g/mol. The molecule has 0 amide bonds. The molecule has 2 aliphatic heterocycles. The molecule has 34 heavy (non-hydrogen) atoms. The zero-order valence-electron chi connectivity index (χ0n) is 19.3. The van der Waals surface area contributed by atoms with Gasteiger partial charge in [-0.05, 0) is 49.4 Å². The van der Waals surface area contributed by atoms with Crippen molar-refractivity contribution in [2.45, 2.75) is 35.3 Å².